The van der Waals surface area contributed by atoms with Gasteiger partial charge in [0.2, 0.25) is 0 Å². The lowest BCUT2D eigenvalue weighted by Gasteiger charge is -2.04. The van der Waals surface area contributed by atoms with E-state index in [1.54, 1.807) is 19.2 Å². The molecule has 0 spiro atoms. The summed E-state index contributed by atoms with van der Waals surface area (Å²) < 4.78 is 5.10. The summed E-state index contributed by atoms with van der Waals surface area (Å²) in [7, 11) is 1.64. The zero-order valence-corrected chi connectivity index (χ0v) is 10.1. The molecule has 0 aliphatic heterocycles. The van der Waals surface area contributed by atoms with Crippen molar-refractivity contribution in [3.63, 3.8) is 0 Å². The van der Waals surface area contributed by atoms with Crippen molar-refractivity contribution in [3.8, 4) is 5.75 Å². The van der Waals surface area contributed by atoms with Crippen LogP contribution in [0.3, 0.4) is 0 Å². The molecule has 0 saturated heterocycles. The van der Waals surface area contributed by atoms with Crippen molar-refractivity contribution in [2.45, 2.75) is 6.42 Å². The van der Waals surface area contributed by atoms with Crippen LogP contribution in [0.4, 0.5) is 0 Å². The van der Waals surface area contributed by atoms with Crippen molar-refractivity contribution in [1.82, 2.24) is 0 Å². The van der Waals surface area contributed by atoms with Gasteiger partial charge in [0, 0.05) is 0 Å². The van der Waals surface area contributed by atoms with Gasteiger partial charge in [0.15, 0.2) is 0 Å². The van der Waals surface area contributed by atoms with Gasteiger partial charge in [-0.1, -0.05) is 24.3 Å². The minimum absolute atomic E-state index is 0.313. The molecule has 0 saturated carbocycles. The second-order valence-electron chi connectivity index (χ2n) is 4.03. The first-order chi connectivity index (χ1) is 8.69. The largest absolute Gasteiger partial charge is 0.497 e. The number of carboxylic acid groups (broad SMARTS) is 1. The average Bonchev–Trinajstić information content (AvgIpc) is 2.40. The third kappa shape index (κ3) is 2.88. The van der Waals surface area contributed by atoms with Crippen LogP contribution in [0, 0.1) is 0 Å². The Bertz CT molecular complexity index is 527. The fourth-order valence-electron chi connectivity index (χ4n) is 1.74. The van der Waals surface area contributed by atoms with Gasteiger partial charge in [-0.25, -0.2) is 4.79 Å². The molecule has 0 fully saturated rings. The highest BCUT2D eigenvalue weighted by Crippen LogP contribution is 2.15. The first-order valence-electron chi connectivity index (χ1n) is 5.64. The van der Waals surface area contributed by atoms with Gasteiger partial charge in [0.25, 0.3) is 0 Å². The molecule has 2 aromatic rings. The van der Waals surface area contributed by atoms with Crippen LogP contribution in [0.5, 0.6) is 5.75 Å². The highest BCUT2D eigenvalue weighted by atomic mass is 16.5. The van der Waals surface area contributed by atoms with Gasteiger partial charge in [-0.05, 0) is 41.8 Å². The van der Waals surface area contributed by atoms with Crippen LogP contribution in [-0.4, -0.2) is 18.2 Å². The van der Waals surface area contributed by atoms with E-state index >= 15 is 0 Å². The average molecular weight is 242 g/mol. The Morgan fingerprint density at radius 2 is 1.50 bits per heavy atom. The molecule has 0 aliphatic carbocycles. The molecule has 0 heterocycles. The van der Waals surface area contributed by atoms with Gasteiger partial charge >= 0.3 is 5.97 Å². The molecule has 1 N–H and O–H groups in total. The van der Waals surface area contributed by atoms with Crippen LogP contribution >= 0.6 is 0 Å². The summed E-state index contributed by atoms with van der Waals surface area (Å²) in [6.07, 6.45) is 0.782. The smallest absolute Gasteiger partial charge is 0.335 e. The molecule has 0 amide bonds. The maximum absolute atomic E-state index is 10.7. The zero-order valence-electron chi connectivity index (χ0n) is 10.1. The van der Waals surface area contributed by atoms with Crippen molar-refractivity contribution in [2.24, 2.45) is 0 Å². The van der Waals surface area contributed by atoms with Gasteiger partial charge in [0.05, 0.1) is 12.7 Å². The van der Waals surface area contributed by atoms with Crippen molar-refractivity contribution in [3.05, 3.63) is 65.2 Å². The zero-order chi connectivity index (χ0) is 13.0. The van der Waals surface area contributed by atoms with E-state index in [4.69, 9.17) is 9.84 Å². The molecule has 92 valence electrons. The van der Waals surface area contributed by atoms with Gasteiger partial charge in [-0.3, -0.25) is 0 Å². The van der Waals surface area contributed by atoms with Crippen molar-refractivity contribution in [2.75, 3.05) is 7.11 Å². The second-order valence-corrected chi connectivity index (χ2v) is 4.03. The molecule has 0 atom stereocenters. The predicted molar refractivity (Wildman–Crippen MR) is 69.2 cm³/mol. The van der Waals surface area contributed by atoms with E-state index in [1.165, 1.54) is 5.56 Å². The van der Waals surface area contributed by atoms with E-state index in [-0.39, 0.29) is 0 Å². The Balaban J connectivity index is 2.10. The Labute approximate surface area is 106 Å². The van der Waals surface area contributed by atoms with E-state index < -0.39 is 5.97 Å². The molecule has 0 aromatic heterocycles. The summed E-state index contributed by atoms with van der Waals surface area (Å²) in [6, 6.07) is 14.8. The monoisotopic (exact) mass is 242 g/mol. The van der Waals surface area contributed by atoms with E-state index in [1.807, 2.05) is 36.4 Å². The van der Waals surface area contributed by atoms with E-state index in [0.29, 0.717) is 5.56 Å². The first-order valence-corrected chi connectivity index (χ1v) is 5.64. The Morgan fingerprint density at radius 3 is 1.94 bits per heavy atom. The summed E-state index contributed by atoms with van der Waals surface area (Å²) in [6.45, 7) is 0. The van der Waals surface area contributed by atoms with Crippen LogP contribution in [-0.2, 0) is 6.42 Å². The molecule has 0 radical (unpaired) electrons. The lowest BCUT2D eigenvalue weighted by atomic mass is 10.0. The number of carbonyl (C=O) groups is 1. The molecular formula is C15H14O3. The number of methoxy groups -OCH3 is 1. The van der Waals surface area contributed by atoms with Crippen molar-refractivity contribution < 1.29 is 14.6 Å². The number of benzene rings is 2. The minimum atomic E-state index is -0.897. The van der Waals surface area contributed by atoms with Crippen LogP contribution in [0.2, 0.25) is 0 Å². The number of hydrogen-bond donors (Lipinski definition) is 1. The Kier molecular flexibility index (Phi) is 3.63. The van der Waals surface area contributed by atoms with Crippen molar-refractivity contribution in [1.29, 1.82) is 0 Å². The van der Waals surface area contributed by atoms with Gasteiger partial charge in [0.1, 0.15) is 5.75 Å². The summed E-state index contributed by atoms with van der Waals surface area (Å²) in [5, 5.41) is 8.81. The maximum Gasteiger partial charge on any atom is 0.335 e. The summed E-state index contributed by atoms with van der Waals surface area (Å²) in [4.78, 5) is 10.7. The van der Waals surface area contributed by atoms with E-state index in [9.17, 15) is 4.79 Å². The number of hydrogen-bond acceptors (Lipinski definition) is 2. The van der Waals surface area contributed by atoms with E-state index in [2.05, 4.69) is 0 Å². The quantitative estimate of drug-likeness (QED) is 0.896. The Hall–Kier alpha value is -2.29. The maximum atomic E-state index is 10.7. The molecule has 18 heavy (non-hydrogen) atoms. The van der Waals surface area contributed by atoms with Gasteiger partial charge in [-0.2, -0.15) is 0 Å². The van der Waals surface area contributed by atoms with Gasteiger partial charge in [-0.15, -0.1) is 0 Å². The third-order valence-electron chi connectivity index (χ3n) is 2.77. The molecule has 0 aliphatic rings. The first kappa shape index (κ1) is 12.2. The number of carboxylic acids is 1. The van der Waals surface area contributed by atoms with Crippen LogP contribution in [0.1, 0.15) is 21.5 Å². The van der Waals surface area contributed by atoms with Crippen LogP contribution in [0.15, 0.2) is 48.5 Å². The fraction of sp³-hybridized carbons (Fsp3) is 0.133. The molecule has 2 aromatic carbocycles. The molecule has 3 heteroatoms. The third-order valence-corrected chi connectivity index (χ3v) is 2.77. The topological polar surface area (TPSA) is 46.5 Å². The molecule has 0 unspecified atom stereocenters. The lowest BCUT2D eigenvalue weighted by Crippen LogP contribution is -1.96. The highest BCUT2D eigenvalue weighted by molar-refractivity contribution is 5.87. The van der Waals surface area contributed by atoms with Crippen LogP contribution in [0.25, 0.3) is 0 Å². The minimum Gasteiger partial charge on any atom is -0.497 e. The predicted octanol–water partition coefficient (Wildman–Crippen LogP) is 2.98. The summed E-state index contributed by atoms with van der Waals surface area (Å²) in [5.74, 6) is -0.0639. The van der Waals surface area contributed by atoms with Crippen LogP contribution < -0.4 is 4.74 Å². The van der Waals surface area contributed by atoms with Gasteiger partial charge < -0.3 is 9.84 Å². The molecular weight excluding hydrogens is 228 g/mol. The second kappa shape index (κ2) is 5.36. The Morgan fingerprint density at radius 1 is 1.00 bits per heavy atom. The SMILES string of the molecule is COc1ccc(Cc2ccc(C(=O)O)cc2)cc1. The molecule has 3 nitrogen and oxygen atoms in total. The molecule has 0 bridgehead atoms. The number of rotatable bonds is 4. The summed E-state index contributed by atoms with van der Waals surface area (Å²) >= 11 is 0. The number of aromatic carboxylic acids is 1. The normalized spacial score (nSPS) is 10.1. The lowest BCUT2D eigenvalue weighted by molar-refractivity contribution is 0.0697. The van der Waals surface area contributed by atoms with E-state index in [0.717, 1.165) is 17.7 Å². The van der Waals surface area contributed by atoms with Crippen molar-refractivity contribution >= 4 is 5.97 Å². The summed E-state index contributed by atoms with van der Waals surface area (Å²) in [5.41, 5.74) is 2.57. The fourth-order valence-corrected chi connectivity index (χ4v) is 1.74. The standard InChI is InChI=1S/C15H14O3/c1-18-14-8-4-12(5-9-14)10-11-2-6-13(7-3-11)15(16)17/h2-9H,10H2,1H3,(H,16,17). The number of ether oxygens (including phenoxy) is 1. The molecule has 2 rings (SSSR count). The highest BCUT2D eigenvalue weighted by Gasteiger charge is 2.02.